The minimum atomic E-state index is -0.250. The number of thiazole rings is 1. The molecule has 2 aromatic carbocycles. The molecule has 0 amide bonds. The van der Waals surface area contributed by atoms with Crippen molar-refractivity contribution in [2.75, 3.05) is 0 Å². The molecule has 2 heterocycles. The van der Waals surface area contributed by atoms with Gasteiger partial charge in [0.05, 0.1) is 11.4 Å². The first-order chi connectivity index (χ1) is 12.3. The van der Waals surface area contributed by atoms with Crippen molar-refractivity contribution in [2.45, 2.75) is 10.1 Å². The van der Waals surface area contributed by atoms with E-state index in [9.17, 15) is 4.39 Å². The standard InChI is InChI=1S/C18H12FN3OS2/c19-14-8-6-12(7-9-14)15-10-24-18(20-15)25-11-16-21-17(23-22-16)13-4-2-1-3-5-13/h1-10H,11H2. The van der Waals surface area contributed by atoms with Gasteiger partial charge in [0, 0.05) is 16.5 Å². The minimum Gasteiger partial charge on any atom is -0.334 e. The summed E-state index contributed by atoms with van der Waals surface area (Å²) in [6, 6.07) is 16.0. The second-order valence-electron chi connectivity index (χ2n) is 5.18. The maximum Gasteiger partial charge on any atom is 0.257 e. The van der Waals surface area contributed by atoms with Gasteiger partial charge in [-0.05, 0) is 36.4 Å². The van der Waals surface area contributed by atoms with E-state index in [-0.39, 0.29) is 5.82 Å². The maximum atomic E-state index is 13.0. The molecule has 0 unspecified atom stereocenters. The number of hydrogen-bond donors (Lipinski definition) is 0. The van der Waals surface area contributed by atoms with Crippen LogP contribution in [0.3, 0.4) is 0 Å². The molecule has 0 N–H and O–H groups in total. The first kappa shape index (κ1) is 16.0. The molecule has 0 radical (unpaired) electrons. The van der Waals surface area contributed by atoms with Crippen molar-refractivity contribution in [1.29, 1.82) is 0 Å². The lowest BCUT2D eigenvalue weighted by molar-refractivity contribution is 0.425. The third-order valence-corrected chi connectivity index (χ3v) is 5.45. The average molecular weight is 369 g/mol. The smallest absolute Gasteiger partial charge is 0.257 e. The fourth-order valence-electron chi connectivity index (χ4n) is 2.21. The number of aromatic nitrogens is 3. The molecule has 4 nitrogen and oxygen atoms in total. The quantitative estimate of drug-likeness (QED) is 0.447. The zero-order valence-electron chi connectivity index (χ0n) is 12.9. The number of rotatable bonds is 5. The van der Waals surface area contributed by atoms with Crippen molar-refractivity contribution in [3.63, 3.8) is 0 Å². The highest BCUT2D eigenvalue weighted by Crippen LogP contribution is 2.30. The van der Waals surface area contributed by atoms with Crippen LogP contribution in [0.2, 0.25) is 0 Å². The number of benzene rings is 2. The molecule has 0 fully saturated rings. The Hall–Kier alpha value is -2.51. The van der Waals surface area contributed by atoms with Crippen LogP contribution in [-0.2, 0) is 5.75 Å². The molecule has 2 aromatic heterocycles. The molecule has 25 heavy (non-hydrogen) atoms. The van der Waals surface area contributed by atoms with Crippen LogP contribution in [-0.4, -0.2) is 15.1 Å². The van der Waals surface area contributed by atoms with Gasteiger partial charge < -0.3 is 4.52 Å². The van der Waals surface area contributed by atoms with Crippen molar-refractivity contribution < 1.29 is 8.91 Å². The highest BCUT2D eigenvalue weighted by Gasteiger charge is 2.11. The third kappa shape index (κ3) is 3.78. The van der Waals surface area contributed by atoms with Crippen LogP contribution in [0.4, 0.5) is 4.39 Å². The van der Waals surface area contributed by atoms with E-state index in [2.05, 4.69) is 15.1 Å². The van der Waals surface area contributed by atoms with E-state index in [0.29, 0.717) is 17.5 Å². The Labute approximate surface area is 151 Å². The molecule has 124 valence electrons. The summed E-state index contributed by atoms with van der Waals surface area (Å²) < 4.78 is 19.2. The highest BCUT2D eigenvalue weighted by molar-refractivity contribution is 8.00. The zero-order valence-corrected chi connectivity index (χ0v) is 14.6. The summed E-state index contributed by atoms with van der Waals surface area (Å²) in [5.41, 5.74) is 2.64. The van der Waals surface area contributed by atoms with Gasteiger partial charge in [0.25, 0.3) is 5.89 Å². The van der Waals surface area contributed by atoms with Crippen molar-refractivity contribution in [3.8, 4) is 22.7 Å². The Bertz CT molecular complexity index is 967. The van der Waals surface area contributed by atoms with E-state index in [1.807, 2.05) is 35.7 Å². The van der Waals surface area contributed by atoms with E-state index in [0.717, 1.165) is 21.2 Å². The molecule has 0 spiro atoms. The highest BCUT2D eigenvalue weighted by atomic mass is 32.2. The zero-order chi connectivity index (χ0) is 17.1. The molecule has 0 aliphatic rings. The van der Waals surface area contributed by atoms with E-state index >= 15 is 0 Å². The molecule has 4 aromatic rings. The summed E-state index contributed by atoms with van der Waals surface area (Å²) in [5, 5.41) is 5.97. The molecule has 0 bridgehead atoms. The van der Waals surface area contributed by atoms with Gasteiger partial charge in [-0.3, -0.25) is 0 Å². The van der Waals surface area contributed by atoms with E-state index in [4.69, 9.17) is 4.52 Å². The molecule has 0 atom stereocenters. The number of hydrogen-bond acceptors (Lipinski definition) is 6. The van der Waals surface area contributed by atoms with Crippen molar-refractivity contribution in [3.05, 3.63) is 71.6 Å². The number of nitrogens with zero attached hydrogens (tertiary/aromatic N) is 3. The Morgan fingerprint density at radius 2 is 1.76 bits per heavy atom. The Balaban J connectivity index is 1.42. The largest absolute Gasteiger partial charge is 0.334 e. The average Bonchev–Trinajstić information content (AvgIpc) is 3.31. The fourth-order valence-corrected chi connectivity index (χ4v) is 3.89. The lowest BCUT2D eigenvalue weighted by Gasteiger charge is -1.95. The van der Waals surface area contributed by atoms with Gasteiger partial charge in [-0.2, -0.15) is 4.98 Å². The van der Waals surface area contributed by atoms with Crippen LogP contribution in [0, 0.1) is 5.82 Å². The second kappa shape index (κ2) is 7.16. The van der Waals surface area contributed by atoms with E-state index in [1.165, 1.54) is 12.1 Å². The van der Waals surface area contributed by atoms with Gasteiger partial charge in [-0.25, -0.2) is 9.37 Å². The van der Waals surface area contributed by atoms with Crippen molar-refractivity contribution >= 4 is 23.1 Å². The molecule has 0 saturated carbocycles. The topological polar surface area (TPSA) is 51.8 Å². The summed E-state index contributed by atoms with van der Waals surface area (Å²) in [7, 11) is 0. The van der Waals surface area contributed by atoms with Crippen LogP contribution < -0.4 is 0 Å². The summed E-state index contributed by atoms with van der Waals surface area (Å²) in [4.78, 5) is 8.97. The predicted molar refractivity (Wildman–Crippen MR) is 96.8 cm³/mol. The minimum absolute atomic E-state index is 0.250. The summed E-state index contributed by atoms with van der Waals surface area (Å²) in [6.07, 6.45) is 0. The molecule has 4 rings (SSSR count). The molecular formula is C18H12FN3OS2. The first-order valence-electron chi connectivity index (χ1n) is 7.50. The predicted octanol–water partition coefficient (Wildman–Crippen LogP) is 5.29. The Morgan fingerprint density at radius 3 is 2.56 bits per heavy atom. The van der Waals surface area contributed by atoms with Crippen molar-refractivity contribution in [2.24, 2.45) is 0 Å². The fraction of sp³-hybridized carbons (Fsp3) is 0.0556. The van der Waals surface area contributed by atoms with Gasteiger partial charge in [-0.15, -0.1) is 11.3 Å². The lowest BCUT2D eigenvalue weighted by Crippen LogP contribution is -1.84. The van der Waals surface area contributed by atoms with Crippen LogP contribution >= 0.6 is 23.1 Å². The summed E-state index contributed by atoms with van der Waals surface area (Å²) in [5.74, 6) is 1.47. The van der Waals surface area contributed by atoms with Gasteiger partial charge in [-0.1, -0.05) is 35.1 Å². The molecule has 0 aliphatic heterocycles. The second-order valence-corrected chi connectivity index (χ2v) is 7.26. The molecule has 7 heteroatoms. The number of halogens is 1. The van der Waals surface area contributed by atoms with Gasteiger partial charge >= 0.3 is 0 Å². The van der Waals surface area contributed by atoms with Crippen LogP contribution in [0.25, 0.3) is 22.7 Å². The third-order valence-electron chi connectivity index (χ3n) is 3.44. The summed E-state index contributed by atoms with van der Waals surface area (Å²) >= 11 is 3.09. The molecular weight excluding hydrogens is 357 g/mol. The molecule has 0 aliphatic carbocycles. The van der Waals surface area contributed by atoms with Crippen LogP contribution in [0.15, 0.2) is 68.8 Å². The SMILES string of the molecule is Fc1ccc(-c2csc(SCc3noc(-c4ccccc4)n3)n2)cc1. The van der Waals surface area contributed by atoms with Gasteiger partial charge in [0.1, 0.15) is 5.82 Å². The van der Waals surface area contributed by atoms with Gasteiger partial charge in [0.2, 0.25) is 0 Å². The summed E-state index contributed by atoms with van der Waals surface area (Å²) in [6.45, 7) is 0. The van der Waals surface area contributed by atoms with E-state index in [1.54, 1.807) is 35.2 Å². The maximum absolute atomic E-state index is 13.0. The monoisotopic (exact) mass is 369 g/mol. The number of thioether (sulfide) groups is 1. The Morgan fingerprint density at radius 1 is 0.960 bits per heavy atom. The van der Waals surface area contributed by atoms with Gasteiger partial charge in [0.15, 0.2) is 10.2 Å². The Kier molecular flexibility index (Phi) is 4.58. The normalized spacial score (nSPS) is 10.9. The molecule has 0 saturated heterocycles. The van der Waals surface area contributed by atoms with E-state index < -0.39 is 0 Å². The lowest BCUT2D eigenvalue weighted by atomic mass is 10.2. The van der Waals surface area contributed by atoms with Crippen LogP contribution in [0.1, 0.15) is 5.82 Å². The van der Waals surface area contributed by atoms with Crippen LogP contribution in [0.5, 0.6) is 0 Å². The van der Waals surface area contributed by atoms with Crippen molar-refractivity contribution in [1.82, 2.24) is 15.1 Å². The first-order valence-corrected chi connectivity index (χ1v) is 9.37.